The number of fused-ring (bicyclic) bond motifs is 4. The number of amides is 3. The highest BCUT2D eigenvalue weighted by Crippen LogP contribution is 2.38. The van der Waals surface area contributed by atoms with E-state index in [0.29, 0.717) is 73.8 Å². The second-order valence-corrected chi connectivity index (χ2v) is 28.6. The molecule has 0 aliphatic carbocycles. The predicted octanol–water partition coefficient (Wildman–Crippen LogP) is 5.30. The Balaban J connectivity index is 0.000000255. The van der Waals surface area contributed by atoms with Crippen LogP contribution >= 0.6 is 11.6 Å². The molecule has 4 aromatic rings. The predicted molar refractivity (Wildman–Crippen MR) is 349 cm³/mol. The highest BCUT2D eigenvalue weighted by Gasteiger charge is 2.46. The molecule has 0 unspecified atom stereocenters. The second kappa shape index (κ2) is 36.1. The lowest BCUT2D eigenvalue weighted by Gasteiger charge is -2.31. The van der Waals surface area contributed by atoms with Crippen LogP contribution in [0.3, 0.4) is 0 Å². The third-order valence-corrected chi connectivity index (χ3v) is 19.4. The van der Waals surface area contributed by atoms with Crippen LogP contribution in [0.2, 0.25) is 0 Å². The van der Waals surface area contributed by atoms with Gasteiger partial charge in [-0.15, -0.1) is 0 Å². The fourth-order valence-electron chi connectivity index (χ4n) is 11.2. The number of halogens is 1. The summed E-state index contributed by atoms with van der Waals surface area (Å²) in [6.45, 7) is 12.8. The van der Waals surface area contributed by atoms with Crippen LogP contribution in [0.5, 0.6) is 34.5 Å². The van der Waals surface area contributed by atoms with E-state index >= 15 is 0 Å². The maximum atomic E-state index is 13.9. The van der Waals surface area contributed by atoms with Crippen LogP contribution in [-0.2, 0) is 70.9 Å². The smallest absolute Gasteiger partial charge is 0.407 e. The van der Waals surface area contributed by atoms with Crippen molar-refractivity contribution >= 4 is 55.0 Å². The molecule has 10 atom stereocenters. The highest BCUT2D eigenvalue weighted by molar-refractivity contribution is 7.89. The van der Waals surface area contributed by atoms with Crippen molar-refractivity contribution in [3.05, 3.63) is 96.1 Å². The van der Waals surface area contributed by atoms with Crippen LogP contribution in [-0.4, -0.2) is 201 Å². The Morgan fingerprint density at radius 3 is 1.38 bits per heavy atom. The quantitative estimate of drug-likeness (QED) is 0.0296. The van der Waals surface area contributed by atoms with Crippen LogP contribution in [0.4, 0.5) is 9.59 Å². The molecule has 6 heterocycles. The molecular formula is C65H91ClN6O22S2. The average Bonchev–Trinajstić information content (AvgIpc) is 1.58. The van der Waals surface area contributed by atoms with Gasteiger partial charge in [-0.05, 0) is 109 Å². The number of ether oxygens (including phenoxy) is 12. The second-order valence-electron chi connectivity index (χ2n) is 24.2. The van der Waals surface area contributed by atoms with Crippen molar-refractivity contribution < 1.29 is 103 Å². The maximum absolute atomic E-state index is 13.9. The largest absolute Gasteiger partial charge is 0.492 e. The molecule has 4 saturated heterocycles. The van der Waals surface area contributed by atoms with Gasteiger partial charge >= 0.3 is 12.2 Å². The van der Waals surface area contributed by atoms with Gasteiger partial charge in [0.25, 0.3) is 0 Å². The maximum Gasteiger partial charge on any atom is 0.407 e. The van der Waals surface area contributed by atoms with Crippen molar-refractivity contribution in [1.82, 2.24) is 24.6 Å². The van der Waals surface area contributed by atoms with E-state index in [-0.39, 0.29) is 131 Å². The van der Waals surface area contributed by atoms with Crippen LogP contribution in [0.25, 0.3) is 0 Å². The Bertz CT molecular complexity index is 3410. The summed E-state index contributed by atoms with van der Waals surface area (Å²) in [6.07, 6.45) is -4.08. The van der Waals surface area contributed by atoms with Gasteiger partial charge in [-0.25, -0.2) is 26.4 Å². The molecular weight excluding hydrogens is 1320 g/mol. The molecule has 4 aromatic carbocycles. The third-order valence-electron chi connectivity index (χ3n) is 15.8. The first-order valence-corrected chi connectivity index (χ1v) is 34.7. The minimum Gasteiger partial charge on any atom is -0.492 e. The summed E-state index contributed by atoms with van der Waals surface area (Å²) < 4.78 is 124. The molecule has 96 heavy (non-hydrogen) atoms. The molecule has 532 valence electrons. The molecule has 4 fully saturated rings. The standard InChI is InChI=1S/C32H43N3O11S.C30H41N3O10S.C2H3ClO.CH4/c1-20(2)16-35(47(39,40)24-8-9-28-29(15-24)45-19-44-28)17-27(37)26(34-32(38)46-30-18-43-31-25(30)10-12-42-31)14-22-4-6-23(7-5-22)41-13-11-33-21(3)36;1-19(2)15-33(44(36,37)22-7-8-26-27(14-22)42-18-41-26)16-25(34)24(13-20-3-5-21(6-4-20)38-12-10-31)32-30(35)43-28-17-40-29-23(28)9-11-39-29;1-2(3)4;/h4-9,15,20,25-27,30-31,37H,10-14,16-19H2,1-3H3,(H,33,36)(H,34,38);3-8,14,19,23-25,28-29,34H,9-13,15-18,31H2,1-2H3,(H,32,35);1H3;1H4/t25-,26-,27+,30+,31+;23-,24-,25+,28+,29+;;/m00../s1. The first-order valence-electron chi connectivity index (χ1n) is 31.5. The number of aliphatic hydroxyl groups is 2. The van der Waals surface area contributed by atoms with E-state index < -0.39 is 75.0 Å². The Hall–Kier alpha value is -6.81. The van der Waals surface area contributed by atoms with E-state index in [0.717, 1.165) is 17.5 Å². The van der Waals surface area contributed by atoms with Crippen molar-refractivity contribution in [1.29, 1.82) is 0 Å². The number of benzene rings is 4. The summed E-state index contributed by atoms with van der Waals surface area (Å²) in [7, 11) is -8.13. The molecule has 0 bridgehead atoms. The molecule has 3 amide bonds. The highest BCUT2D eigenvalue weighted by atomic mass is 35.5. The molecule has 0 saturated carbocycles. The van der Waals surface area contributed by atoms with Crippen molar-refractivity contribution in [2.75, 3.05) is 92.5 Å². The minimum atomic E-state index is -4.08. The normalized spacial score (nSPS) is 20.9. The molecule has 31 heteroatoms. The molecule has 0 spiro atoms. The van der Waals surface area contributed by atoms with Gasteiger partial charge < -0.3 is 88.7 Å². The number of hydrogen-bond acceptors (Lipinski definition) is 23. The molecule has 10 rings (SSSR count). The number of rotatable bonds is 29. The van der Waals surface area contributed by atoms with Crippen LogP contribution in [0.1, 0.15) is 72.9 Å². The van der Waals surface area contributed by atoms with Crippen molar-refractivity contribution in [2.24, 2.45) is 29.4 Å². The zero-order chi connectivity index (χ0) is 68.4. The van der Waals surface area contributed by atoms with E-state index in [1.807, 2.05) is 39.8 Å². The number of sulfonamides is 2. The first kappa shape index (κ1) is 76.6. The summed E-state index contributed by atoms with van der Waals surface area (Å²) >= 11 is 4.64. The van der Waals surface area contributed by atoms with Gasteiger partial charge in [0.15, 0.2) is 35.6 Å². The van der Waals surface area contributed by atoms with Crippen molar-refractivity contribution in [3.63, 3.8) is 0 Å². The zero-order valence-electron chi connectivity index (χ0n) is 54.0. The van der Waals surface area contributed by atoms with Crippen LogP contribution in [0, 0.1) is 23.7 Å². The number of alkyl carbamates (subject to hydrolysis) is 2. The summed E-state index contributed by atoms with van der Waals surface area (Å²) in [6, 6.07) is 21.3. The fourth-order valence-corrected chi connectivity index (χ4v) is 14.5. The molecule has 28 nitrogen and oxygen atoms in total. The fraction of sp³-hybridized carbons (Fsp3) is 0.569. The SMILES string of the molecule is C.CC(=O)Cl.CC(=O)NCCOc1ccc(C[C@H](NC(=O)O[C@@H]2CO[C@H]3OCC[C@H]32)[C@H](O)CN(CC(C)C)S(=O)(=O)c2ccc3c(c2)OCO3)cc1.CC(C)CN(C[C@@H](O)[C@H](Cc1ccc(OCCN)cc1)NC(=O)O[C@@H]1CO[C@H]2OCC[C@H]21)S(=O)(=O)c1ccc2c(c1)OCO2. The Labute approximate surface area is 565 Å². The van der Waals surface area contributed by atoms with Gasteiger partial charge in [0.05, 0.1) is 78.9 Å². The van der Waals surface area contributed by atoms with E-state index in [2.05, 4.69) is 27.6 Å². The lowest BCUT2D eigenvalue weighted by Crippen LogP contribution is -2.51. The van der Waals surface area contributed by atoms with Gasteiger partial charge in [-0.1, -0.05) is 59.4 Å². The lowest BCUT2D eigenvalue weighted by molar-refractivity contribution is -0.119. The van der Waals surface area contributed by atoms with Crippen LogP contribution < -0.4 is 50.1 Å². The van der Waals surface area contributed by atoms with Gasteiger partial charge in [-0.2, -0.15) is 8.61 Å². The summed E-state index contributed by atoms with van der Waals surface area (Å²) in [5.41, 5.74) is 7.07. The Morgan fingerprint density at radius 1 is 0.594 bits per heavy atom. The number of nitrogens with one attached hydrogen (secondary N) is 3. The lowest BCUT2D eigenvalue weighted by atomic mass is 10.0. The Kier molecular flexibility index (Phi) is 28.8. The van der Waals surface area contributed by atoms with Crippen molar-refractivity contribution in [3.8, 4) is 34.5 Å². The number of hydrogen-bond donors (Lipinski definition) is 6. The van der Waals surface area contributed by atoms with Gasteiger partial charge in [0.1, 0.15) is 36.9 Å². The molecule has 0 radical (unpaired) electrons. The monoisotopic (exact) mass is 1410 g/mol. The number of aliphatic hydroxyl groups excluding tert-OH is 2. The number of carbonyl (C=O) groups is 4. The molecule has 0 aromatic heterocycles. The van der Waals surface area contributed by atoms with Gasteiger partial charge in [0.2, 0.25) is 44.8 Å². The molecule has 6 aliphatic heterocycles. The van der Waals surface area contributed by atoms with E-state index in [9.17, 15) is 46.2 Å². The van der Waals surface area contributed by atoms with E-state index in [1.165, 1.54) is 46.7 Å². The molecule has 7 N–H and O–H groups in total. The van der Waals surface area contributed by atoms with Gasteiger partial charge in [-0.3, -0.25) is 9.59 Å². The van der Waals surface area contributed by atoms with Crippen molar-refractivity contribution in [2.45, 2.75) is 134 Å². The Morgan fingerprint density at radius 2 is 0.990 bits per heavy atom. The topological polar surface area (TPSA) is 356 Å². The van der Waals surface area contributed by atoms with Gasteiger partial charge in [0, 0.05) is 58.7 Å². The third kappa shape index (κ3) is 21.8. The number of carbonyl (C=O) groups excluding carboxylic acids is 4. The average molecular weight is 1410 g/mol. The molecule has 6 aliphatic rings. The first-order chi connectivity index (χ1) is 45.4. The zero-order valence-corrected chi connectivity index (χ0v) is 56.4. The minimum absolute atomic E-state index is 0. The number of nitrogens with zero attached hydrogens (tertiary/aromatic N) is 2. The van der Waals surface area contributed by atoms with E-state index in [1.54, 1.807) is 48.5 Å². The number of nitrogens with two attached hydrogens (primary N) is 1. The van der Waals surface area contributed by atoms with Crippen LogP contribution in [0.15, 0.2) is 94.7 Å². The summed E-state index contributed by atoms with van der Waals surface area (Å²) in [5, 5.41) is 31.0. The summed E-state index contributed by atoms with van der Waals surface area (Å²) in [4.78, 5) is 46.6. The van der Waals surface area contributed by atoms with E-state index in [4.69, 9.17) is 62.6 Å². The summed E-state index contributed by atoms with van der Waals surface area (Å²) in [5.74, 6) is 2.40.